The molecule has 0 radical (unpaired) electrons. The molecule has 0 aliphatic carbocycles. The fourth-order valence-electron chi connectivity index (χ4n) is 3.25. The third-order valence-electron chi connectivity index (χ3n) is 4.69. The van der Waals surface area contributed by atoms with Gasteiger partial charge in [0.15, 0.2) is 5.65 Å². The van der Waals surface area contributed by atoms with Crippen LogP contribution in [0.4, 0.5) is 0 Å². The average Bonchev–Trinajstić information content (AvgIpc) is 2.78. The molecule has 0 bridgehead atoms. The molecule has 0 amide bonds. The second kappa shape index (κ2) is 8.06. The zero-order chi connectivity index (χ0) is 20.2. The molecule has 0 spiro atoms. The standard InChI is InChI=1S/C23H19N3O3/c1-29-21(27)13-12-20-23(28)26(22-19(25-20)11-6-14-24-22)18-10-5-9-17(15-18)16-7-3-2-4-8-16/h2-11,14-15H,12-13H2,1H3. The van der Waals surface area contributed by atoms with Crippen molar-refractivity contribution in [3.63, 3.8) is 0 Å². The van der Waals surface area contributed by atoms with Crippen LogP contribution in [0.5, 0.6) is 0 Å². The van der Waals surface area contributed by atoms with Gasteiger partial charge < -0.3 is 4.74 Å². The SMILES string of the molecule is COC(=O)CCc1nc2cccnc2n(-c2cccc(-c3ccccc3)c2)c1=O. The van der Waals surface area contributed by atoms with Crippen LogP contribution in [-0.4, -0.2) is 27.6 Å². The minimum atomic E-state index is -0.380. The maximum Gasteiger partial charge on any atom is 0.305 e. The molecular weight excluding hydrogens is 366 g/mol. The van der Waals surface area contributed by atoms with Gasteiger partial charge in [-0.1, -0.05) is 42.5 Å². The number of methoxy groups -OCH3 is 1. The molecular formula is C23H19N3O3. The highest BCUT2D eigenvalue weighted by Crippen LogP contribution is 2.22. The van der Waals surface area contributed by atoms with Gasteiger partial charge in [0.2, 0.25) is 0 Å². The summed E-state index contributed by atoms with van der Waals surface area (Å²) in [6, 6.07) is 21.3. The number of aryl methyl sites for hydroxylation is 1. The van der Waals surface area contributed by atoms with Gasteiger partial charge in [-0.15, -0.1) is 0 Å². The van der Waals surface area contributed by atoms with Crippen LogP contribution < -0.4 is 5.56 Å². The summed E-state index contributed by atoms with van der Waals surface area (Å²) in [7, 11) is 1.33. The van der Waals surface area contributed by atoms with E-state index in [-0.39, 0.29) is 24.4 Å². The molecule has 29 heavy (non-hydrogen) atoms. The van der Waals surface area contributed by atoms with E-state index >= 15 is 0 Å². The Morgan fingerprint density at radius 1 is 1.00 bits per heavy atom. The molecule has 0 fully saturated rings. The summed E-state index contributed by atoms with van der Waals surface area (Å²) in [6.07, 6.45) is 1.93. The van der Waals surface area contributed by atoms with E-state index in [1.54, 1.807) is 22.9 Å². The lowest BCUT2D eigenvalue weighted by molar-refractivity contribution is -0.140. The lowest BCUT2D eigenvalue weighted by Gasteiger charge is -2.13. The van der Waals surface area contributed by atoms with Crippen LogP contribution in [0.3, 0.4) is 0 Å². The Morgan fingerprint density at radius 3 is 2.59 bits per heavy atom. The van der Waals surface area contributed by atoms with Crippen LogP contribution in [-0.2, 0) is 16.0 Å². The summed E-state index contributed by atoms with van der Waals surface area (Å²) in [5.41, 5.74) is 3.83. The number of benzene rings is 2. The number of pyridine rings is 1. The molecule has 0 atom stereocenters. The van der Waals surface area contributed by atoms with Crippen molar-refractivity contribution in [2.45, 2.75) is 12.8 Å². The van der Waals surface area contributed by atoms with Crippen LogP contribution in [0.15, 0.2) is 77.7 Å². The van der Waals surface area contributed by atoms with Gasteiger partial charge in [-0.2, -0.15) is 0 Å². The van der Waals surface area contributed by atoms with Gasteiger partial charge in [0.25, 0.3) is 5.56 Å². The molecule has 0 unspecified atom stereocenters. The second-order valence-corrected chi connectivity index (χ2v) is 6.54. The molecule has 2 aromatic carbocycles. The number of aromatic nitrogens is 3. The van der Waals surface area contributed by atoms with Gasteiger partial charge >= 0.3 is 5.97 Å². The first-order valence-corrected chi connectivity index (χ1v) is 9.26. The van der Waals surface area contributed by atoms with E-state index in [1.165, 1.54) is 7.11 Å². The lowest BCUT2D eigenvalue weighted by Crippen LogP contribution is -2.25. The molecule has 2 heterocycles. The average molecular weight is 385 g/mol. The number of esters is 1. The molecule has 0 aliphatic rings. The fourth-order valence-corrected chi connectivity index (χ4v) is 3.25. The third kappa shape index (κ3) is 3.78. The number of rotatable bonds is 5. The molecule has 0 aliphatic heterocycles. The smallest absolute Gasteiger partial charge is 0.305 e. The second-order valence-electron chi connectivity index (χ2n) is 6.54. The molecule has 4 rings (SSSR count). The number of ether oxygens (including phenoxy) is 1. The number of nitrogens with zero attached hydrogens (tertiary/aromatic N) is 3. The van der Waals surface area contributed by atoms with Crippen molar-refractivity contribution in [3.8, 4) is 16.8 Å². The van der Waals surface area contributed by atoms with E-state index in [2.05, 4.69) is 9.97 Å². The van der Waals surface area contributed by atoms with Crippen molar-refractivity contribution in [2.24, 2.45) is 0 Å². The molecule has 0 saturated heterocycles. The molecule has 6 nitrogen and oxygen atoms in total. The molecule has 2 aromatic heterocycles. The summed E-state index contributed by atoms with van der Waals surface area (Å²) in [5, 5.41) is 0. The first-order chi connectivity index (χ1) is 14.2. The maximum absolute atomic E-state index is 13.2. The van der Waals surface area contributed by atoms with Crippen LogP contribution in [0, 0.1) is 0 Å². The van der Waals surface area contributed by atoms with Crippen molar-refractivity contribution in [3.05, 3.63) is 89.0 Å². The Hall–Kier alpha value is -3.80. The summed E-state index contributed by atoms with van der Waals surface area (Å²) in [4.78, 5) is 33.6. The summed E-state index contributed by atoms with van der Waals surface area (Å²) in [5.74, 6) is -0.380. The quantitative estimate of drug-likeness (QED) is 0.491. The van der Waals surface area contributed by atoms with Gasteiger partial charge in [-0.3, -0.25) is 14.2 Å². The maximum atomic E-state index is 13.2. The van der Waals surface area contributed by atoms with Crippen LogP contribution in [0.25, 0.3) is 28.0 Å². The normalized spacial score (nSPS) is 10.8. The lowest BCUT2D eigenvalue weighted by atomic mass is 10.1. The van der Waals surface area contributed by atoms with E-state index in [0.717, 1.165) is 11.1 Å². The van der Waals surface area contributed by atoms with Crippen molar-refractivity contribution in [1.82, 2.24) is 14.5 Å². The molecule has 0 N–H and O–H groups in total. The van der Waals surface area contributed by atoms with Crippen LogP contribution in [0.1, 0.15) is 12.1 Å². The third-order valence-corrected chi connectivity index (χ3v) is 4.69. The van der Waals surface area contributed by atoms with Gasteiger partial charge in [-0.05, 0) is 35.4 Å². The molecule has 4 aromatic rings. The Bertz CT molecular complexity index is 1230. The van der Waals surface area contributed by atoms with Crippen molar-refractivity contribution < 1.29 is 9.53 Å². The Balaban J connectivity index is 1.88. The molecule has 144 valence electrons. The van der Waals surface area contributed by atoms with E-state index in [9.17, 15) is 9.59 Å². The van der Waals surface area contributed by atoms with Crippen LogP contribution >= 0.6 is 0 Å². The number of hydrogen-bond donors (Lipinski definition) is 0. The number of carbonyl (C=O) groups excluding carboxylic acids is 1. The zero-order valence-electron chi connectivity index (χ0n) is 15.9. The Morgan fingerprint density at radius 2 is 1.79 bits per heavy atom. The topological polar surface area (TPSA) is 74.1 Å². The highest BCUT2D eigenvalue weighted by Gasteiger charge is 2.15. The number of carbonyl (C=O) groups is 1. The van der Waals surface area contributed by atoms with E-state index in [1.807, 2.05) is 54.6 Å². The molecule has 0 saturated carbocycles. The Labute approximate surface area is 167 Å². The predicted octanol–water partition coefficient (Wildman–Crippen LogP) is 3.55. The first kappa shape index (κ1) is 18.6. The highest BCUT2D eigenvalue weighted by molar-refractivity contribution is 5.74. The van der Waals surface area contributed by atoms with Crippen molar-refractivity contribution >= 4 is 17.1 Å². The minimum absolute atomic E-state index is 0.0918. The highest BCUT2D eigenvalue weighted by atomic mass is 16.5. The summed E-state index contributed by atoms with van der Waals surface area (Å²) in [6.45, 7) is 0. The van der Waals surface area contributed by atoms with Crippen LogP contribution in [0.2, 0.25) is 0 Å². The van der Waals surface area contributed by atoms with Crippen molar-refractivity contribution in [1.29, 1.82) is 0 Å². The minimum Gasteiger partial charge on any atom is -0.469 e. The van der Waals surface area contributed by atoms with Gasteiger partial charge in [-0.25, -0.2) is 9.97 Å². The first-order valence-electron chi connectivity index (χ1n) is 9.26. The van der Waals surface area contributed by atoms with Gasteiger partial charge in [0.1, 0.15) is 11.2 Å². The predicted molar refractivity (Wildman–Crippen MR) is 111 cm³/mol. The monoisotopic (exact) mass is 385 g/mol. The number of fused-ring (bicyclic) bond motifs is 1. The summed E-state index contributed by atoms with van der Waals surface area (Å²) < 4.78 is 6.25. The zero-order valence-corrected chi connectivity index (χ0v) is 15.9. The Kier molecular flexibility index (Phi) is 5.16. The largest absolute Gasteiger partial charge is 0.469 e. The van der Waals surface area contributed by atoms with Crippen molar-refractivity contribution in [2.75, 3.05) is 7.11 Å². The van der Waals surface area contributed by atoms with E-state index in [0.29, 0.717) is 22.5 Å². The number of hydrogen-bond acceptors (Lipinski definition) is 5. The fraction of sp³-hybridized carbons (Fsp3) is 0.130. The van der Waals surface area contributed by atoms with Gasteiger partial charge in [0.05, 0.1) is 19.2 Å². The van der Waals surface area contributed by atoms with E-state index in [4.69, 9.17) is 4.74 Å². The summed E-state index contributed by atoms with van der Waals surface area (Å²) >= 11 is 0. The molecule has 6 heteroatoms. The van der Waals surface area contributed by atoms with E-state index < -0.39 is 0 Å². The van der Waals surface area contributed by atoms with Gasteiger partial charge in [0, 0.05) is 12.6 Å².